The number of rotatable bonds is 7. The second-order valence-corrected chi connectivity index (χ2v) is 7.85. The van der Waals surface area contributed by atoms with Crippen molar-refractivity contribution in [2.45, 2.75) is 39.5 Å². The van der Waals surface area contributed by atoms with Crippen LogP contribution in [-0.4, -0.2) is 27.0 Å². The van der Waals surface area contributed by atoms with Gasteiger partial charge in [-0.15, -0.1) is 0 Å². The van der Waals surface area contributed by atoms with Crippen molar-refractivity contribution in [1.29, 1.82) is 0 Å². The summed E-state index contributed by atoms with van der Waals surface area (Å²) in [5.74, 6) is 0.897. The second kappa shape index (κ2) is 8.29. The average molecular weight is 346 g/mol. The minimum Gasteiger partial charge on any atom is -0.351 e. The van der Waals surface area contributed by atoms with Gasteiger partial charge < -0.3 is 9.88 Å². The van der Waals surface area contributed by atoms with Crippen molar-refractivity contribution in [1.82, 2.24) is 9.88 Å². The maximum atomic E-state index is 12.4. The molecule has 0 aliphatic heterocycles. The largest absolute Gasteiger partial charge is 0.351 e. The van der Waals surface area contributed by atoms with Gasteiger partial charge in [-0.05, 0) is 39.3 Å². The van der Waals surface area contributed by atoms with Gasteiger partial charge in [0.25, 0.3) is 5.91 Å². The molecule has 0 aliphatic rings. The Morgan fingerprint density at radius 1 is 1.21 bits per heavy atom. The van der Waals surface area contributed by atoms with Crippen LogP contribution in [0.15, 0.2) is 36.4 Å². The lowest BCUT2D eigenvalue weighted by molar-refractivity contribution is 0.0955. The van der Waals surface area contributed by atoms with Crippen LogP contribution in [0.2, 0.25) is 0 Å². The van der Waals surface area contributed by atoms with E-state index in [1.807, 2.05) is 50.2 Å². The molecule has 4 nitrogen and oxygen atoms in total. The van der Waals surface area contributed by atoms with Gasteiger partial charge in [-0.3, -0.25) is 9.00 Å². The van der Waals surface area contributed by atoms with Crippen LogP contribution in [0.4, 0.5) is 0 Å². The van der Waals surface area contributed by atoms with Crippen LogP contribution in [0.3, 0.4) is 0 Å². The third kappa shape index (κ3) is 4.57. The monoisotopic (exact) mass is 346 g/mol. The van der Waals surface area contributed by atoms with Crippen LogP contribution in [0, 0.1) is 13.8 Å². The van der Waals surface area contributed by atoms with Crippen molar-refractivity contribution < 1.29 is 9.00 Å². The fraction of sp³-hybridized carbons (Fsp3) is 0.421. The van der Waals surface area contributed by atoms with Gasteiger partial charge in [0.15, 0.2) is 0 Å². The Bertz CT molecular complexity index is 720. The molecule has 1 amide bonds. The number of benzene rings is 1. The zero-order valence-electron chi connectivity index (χ0n) is 14.8. The summed E-state index contributed by atoms with van der Waals surface area (Å²) >= 11 is 0. The van der Waals surface area contributed by atoms with E-state index in [1.165, 1.54) is 0 Å². The zero-order valence-corrected chi connectivity index (χ0v) is 15.7. The molecular formula is C19H26N2O2S. The molecule has 130 valence electrons. The molecule has 2 rings (SSSR count). The number of aryl methyl sites for hydroxylation is 1. The summed E-state index contributed by atoms with van der Waals surface area (Å²) in [6.45, 7) is 8.61. The minimum atomic E-state index is -0.976. The van der Waals surface area contributed by atoms with E-state index < -0.39 is 10.8 Å². The Morgan fingerprint density at radius 3 is 2.46 bits per heavy atom. The summed E-state index contributed by atoms with van der Waals surface area (Å²) in [4.78, 5) is 12.4. The molecule has 0 saturated carbocycles. The third-order valence-corrected chi connectivity index (χ3v) is 5.35. The third-order valence-electron chi connectivity index (χ3n) is 4.03. The molecule has 0 radical (unpaired) electrons. The van der Waals surface area contributed by atoms with E-state index in [-0.39, 0.29) is 5.91 Å². The zero-order chi connectivity index (χ0) is 17.7. The van der Waals surface area contributed by atoms with Gasteiger partial charge in [0.1, 0.15) is 0 Å². The lowest BCUT2D eigenvalue weighted by Gasteiger charge is -2.13. The van der Waals surface area contributed by atoms with Crippen molar-refractivity contribution in [2.24, 2.45) is 0 Å². The maximum Gasteiger partial charge on any atom is 0.253 e. The number of carbonyl (C=O) groups is 1. The molecule has 1 aromatic carbocycles. The van der Waals surface area contributed by atoms with E-state index in [0.29, 0.717) is 29.7 Å². The smallest absolute Gasteiger partial charge is 0.253 e. The average Bonchev–Trinajstić information content (AvgIpc) is 2.83. The summed E-state index contributed by atoms with van der Waals surface area (Å²) < 4.78 is 14.3. The molecule has 0 fully saturated rings. The van der Waals surface area contributed by atoms with Gasteiger partial charge >= 0.3 is 0 Å². The van der Waals surface area contributed by atoms with E-state index in [9.17, 15) is 9.00 Å². The standard InChI is InChI=1S/C19H26N2O2S/c1-14(2)21-15(3)12-18(16(21)4)19(22)20-10-11-24(23)13-17-8-6-5-7-9-17/h5-9,12,14H,10-11,13H2,1-4H3,(H,20,22)/t24-/m1/s1. The van der Waals surface area contributed by atoms with E-state index >= 15 is 0 Å². The Balaban J connectivity index is 1.88. The van der Waals surface area contributed by atoms with Crippen LogP contribution in [0.1, 0.15) is 47.2 Å². The van der Waals surface area contributed by atoms with Gasteiger partial charge in [0.2, 0.25) is 0 Å². The molecule has 2 aromatic rings. The minimum absolute atomic E-state index is 0.0910. The first-order valence-electron chi connectivity index (χ1n) is 8.25. The topological polar surface area (TPSA) is 51.1 Å². The molecule has 0 unspecified atom stereocenters. The highest BCUT2D eigenvalue weighted by Crippen LogP contribution is 2.19. The highest BCUT2D eigenvalue weighted by molar-refractivity contribution is 7.84. The molecule has 1 atom stereocenters. The van der Waals surface area contributed by atoms with E-state index in [1.54, 1.807) is 0 Å². The Hall–Kier alpha value is -1.88. The van der Waals surface area contributed by atoms with E-state index in [4.69, 9.17) is 0 Å². The molecule has 0 spiro atoms. The Morgan fingerprint density at radius 2 is 1.88 bits per heavy atom. The first-order chi connectivity index (χ1) is 11.4. The summed E-state index contributed by atoms with van der Waals surface area (Å²) in [6, 6.07) is 12.0. The van der Waals surface area contributed by atoms with Crippen LogP contribution in [0.5, 0.6) is 0 Å². The number of amides is 1. The van der Waals surface area contributed by atoms with Gasteiger partial charge in [-0.1, -0.05) is 30.3 Å². The number of hydrogen-bond acceptors (Lipinski definition) is 2. The molecule has 1 heterocycles. The van der Waals surface area contributed by atoms with Crippen LogP contribution >= 0.6 is 0 Å². The van der Waals surface area contributed by atoms with Crippen LogP contribution < -0.4 is 5.32 Å². The van der Waals surface area contributed by atoms with Gasteiger partial charge in [-0.2, -0.15) is 0 Å². The second-order valence-electron chi connectivity index (χ2n) is 6.28. The van der Waals surface area contributed by atoms with Crippen LogP contribution in [-0.2, 0) is 16.6 Å². The molecule has 0 saturated heterocycles. The number of aromatic nitrogens is 1. The van der Waals surface area contributed by atoms with Crippen molar-refractivity contribution in [2.75, 3.05) is 12.3 Å². The van der Waals surface area contributed by atoms with Crippen LogP contribution in [0.25, 0.3) is 0 Å². The number of carbonyl (C=O) groups excluding carboxylic acids is 1. The summed E-state index contributed by atoms with van der Waals surface area (Å²) in [7, 11) is -0.976. The molecule has 5 heteroatoms. The molecule has 0 aliphatic carbocycles. The quantitative estimate of drug-likeness (QED) is 0.836. The summed E-state index contributed by atoms with van der Waals surface area (Å²) in [6.07, 6.45) is 0. The fourth-order valence-electron chi connectivity index (χ4n) is 3.01. The maximum absolute atomic E-state index is 12.4. The molecule has 1 N–H and O–H groups in total. The molecular weight excluding hydrogens is 320 g/mol. The Kier molecular flexibility index (Phi) is 6.37. The number of nitrogens with zero attached hydrogens (tertiary/aromatic N) is 1. The molecule has 0 bridgehead atoms. The van der Waals surface area contributed by atoms with Crippen molar-refractivity contribution >= 4 is 16.7 Å². The highest BCUT2D eigenvalue weighted by atomic mass is 32.2. The SMILES string of the molecule is Cc1cc(C(=O)NCC[S@@](=O)Cc2ccccc2)c(C)n1C(C)C. The highest BCUT2D eigenvalue weighted by Gasteiger charge is 2.16. The lowest BCUT2D eigenvalue weighted by atomic mass is 10.2. The first kappa shape index (κ1) is 18.5. The van der Waals surface area contributed by atoms with Gasteiger partial charge in [0.05, 0.1) is 5.56 Å². The lowest BCUT2D eigenvalue weighted by Crippen LogP contribution is -2.28. The number of hydrogen-bond donors (Lipinski definition) is 1. The van der Waals surface area contributed by atoms with E-state index in [0.717, 1.165) is 17.0 Å². The van der Waals surface area contributed by atoms with E-state index in [2.05, 4.69) is 23.7 Å². The molecule has 1 aromatic heterocycles. The van der Waals surface area contributed by atoms with Crippen molar-refractivity contribution in [3.63, 3.8) is 0 Å². The predicted octanol–water partition coefficient (Wildman–Crippen LogP) is 3.36. The fourth-order valence-corrected chi connectivity index (χ4v) is 4.05. The normalized spacial score (nSPS) is 12.4. The number of nitrogens with one attached hydrogen (secondary N) is 1. The summed E-state index contributed by atoms with van der Waals surface area (Å²) in [5.41, 5.74) is 3.82. The molecule has 24 heavy (non-hydrogen) atoms. The van der Waals surface area contributed by atoms with Crippen molar-refractivity contribution in [3.05, 3.63) is 58.9 Å². The Labute approximate surface area is 146 Å². The predicted molar refractivity (Wildman–Crippen MR) is 99.8 cm³/mol. The van der Waals surface area contributed by atoms with Gasteiger partial charge in [-0.25, -0.2) is 0 Å². The summed E-state index contributed by atoms with van der Waals surface area (Å²) in [5, 5.41) is 2.89. The first-order valence-corrected chi connectivity index (χ1v) is 9.74. The van der Waals surface area contributed by atoms with Gasteiger partial charge in [0, 0.05) is 46.3 Å². The van der Waals surface area contributed by atoms with Crippen molar-refractivity contribution in [3.8, 4) is 0 Å².